The molecule has 0 aromatic rings. The average Bonchev–Trinajstić information content (AvgIpc) is 2.25. The molecule has 0 N–H and O–H groups in total. The molecular formula is C14H29FO. The van der Waals surface area contributed by atoms with Crippen LogP contribution in [0.25, 0.3) is 0 Å². The van der Waals surface area contributed by atoms with Crippen molar-refractivity contribution in [2.24, 2.45) is 17.8 Å². The number of carbonyl (C=O) groups is 1. The molecule has 0 saturated carbocycles. The summed E-state index contributed by atoms with van der Waals surface area (Å²) in [6.07, 6.45) is 4.43. The number of hydrogen-bond donors (Lipinski definition) is 0. The van der Waals surface area contributed by atoms with Crippen molar-refractivity contribution in [2.45, 2.75) is 60.3 Å². The van der Waals surface area contributed by atoms with Gasteiger partial charge in [0.25, 0.3) is 0 Å². The molecule has 0 aromatic carbocycles. The van der Waals surface area contributed by atoms with E-state index in [0.717, 1.165) is 24.7 Å². The first-order valence-corrected chi connectivity index (χ1v) is 6.30. The standard InChI is InChI=1S/C13H26O.CH3F/c1-10(2)6-7-11(3)12(4)8-9-13(5)14;1-2/h10-12H,6-9H2,1-5H3;1H3. The molecule has 0 spiro atoms. The number of rotatable bonds is 7. The largest absolute Gasteiger partial charge is 0.300 e. The molecule has 98 valence electrons. The first-order valence-electron chi connectivity index (χ1n) is 6.30. The van der Waals surface area contributed by atoms with Crippen LogP contribution < -0.4 is 0 Å². The summed E-state index contributed by atoms with van der Waals surface area (Å²) in [4.78, 5) is 10.8. The number of carbonyl (C=O) groups excluding carboxylic acids is 1. The lowest BCUT2D eigenvalue weighted by atomic mass is 9.86. The van der Waals surface area contributed by atoms with Crippen molar-refractivity contribution in [2.75, 3.05) is 7.18 Å². The molecule has 0 fully saturated rings. The number of halogens is 1. The van der Waals surface area contributed by atoms with Crippen molar-refractivity contribution >= 4 is 5.78 Å². The second kappa shape index (κ2) is 11.1. The monoisotopic (exact) mass is 232 g/mol. The fourth-order valence-corrected chi connectivity index (χ4v) is 1.60. The highest BCUT2D eigenvalue weighted by atomic mass is 19.1. The zero-order chi connectivity index (χ0) is 13.1. The third-order valence-corrected chi connectivity index (χ3v) is 3.12. The van der Waals surface area contributed by atoms with E-state index in [1.165, 1.54) is 12.8 Å². The molecule has 0 radical (unpaired) electrons. The molecule has 0 amide bonds. The van der Waals surface area contributed by atoms with Gasteiger partial charge in [0.05, 0.1) is 7.18 Å². The zero-order valence-corrected chi connectivity index (χ0v) is 11.8. The van der Waals surface area contributed by atoms with Crippen LogP contribution in [0.5, 0.6) is 0 Å². The van der Waals surface area contributed by atoms with E-state index < -0.39 is 0 Å². The molecule has 2 unspecified atom stereocenters. The minimum Gasteiger partial charge on any atom is -0.300 e. The van der Waals surface area contributed by atoms with E-state index in [4.69, 9.17) is 0 Å². The molecule has 0 aliphatic heterocycles. The van der Waals surface area contributed by atoms with E-state index in [-0.39, 0.29) is 0 Å². The molecule has 0 heterocycles. The lowest BCUT2D eigenvalue weighted by Crippen LogP contribution is -2.10. The van der Waals surface area contributed by atoms with Gasteiger partial charge in [0, 0.05) is 6.42 Å². The van der Waals surface area contributed by atoms with Crippen molar-refractivity contribution in [1.29, 1.82) is 0 Å². The minimum atomic E-state index is 0.327. The summed E-state index contributed by atoms with van der Waals surface area (Å²) in [7, 11) is 0.500. The van der Waals surface area contributed by atoms with E-state index in [2.05, 4.69) is 27.7 Å². The summed E-state index contributed by atoms with van der Waals surface area (Å²) in [5.41, 5.74) is 0. The Morgan fingerprint density at radius 2 is 1.38 bits per heavy atom. The summed E-state index contributed by atoms with van der Waals surface area (Å²) < 4.78 is 9.50. The van der Waals surface area contributed by atoms with Crippen LogP contribution in [0.3, 0.4) is 0 Å². The second-order valence-corrected chi connectivity index (χ2v) is 5.17. The Bertz CT molecular complexity index is 166. The number of ketones is 1. The number of Topliss-reactive ketones (excluding diaryl/α,β-unsaturated/α-hetero) is 1. The molecule has 0 saturated heterocycles. The molecule has 0 bridgehead atoms. The minimum absolute atomic E-state index is 0.327. The molecule has 16 heavy (non-hydrogen) atoms. The van der Waals surface area contributed by atoms with Crippen LogP contribution in [0.4, 0.5) is 4.39 Å². The van der Waals surface area contributed by atoms with E-state index >= 15 is 0 Å². The Labute approximate surface area is 101 Å². The summed E-state index contributed by atoms with van der Waals surface area (Å²) in [5.74, 6) is 2.58. The van der Waals surface area contributed by atoms with Gasteiger partial charge in [0.2, 0.25) is 0 Å². The van der Waals surface area contributed by atoms with Gasteiger partial charge in [-0.1, -0.05) is 40.5 Å². The predicted octanol–water partition coefficient (Wildman–Crippen LogP) is 4.65. The highest BCUT2D eigenvalue weighted by molar-refractivity contribution is 5.75. The first kappa shape index (κ1) is 18.0. The molecular weight excluding hydrogens is 203 g/mol. The van der Waals surface area contributed by atoms with Gasteiger partial charge >= 0.3 is 0 Å². The number of alkyl halides is 1. The molecule has 0 aliphatic carbocycles. The average molecular weight is 232 g/mol. The molecule has 2 heteroatoms. The third kappa shape index (κ3) is 11.7. The summed E-state index contributed by atoms with van der Waals surface area (Å²) >= 11 is 0. The molecule has 2 atom stereocenters. The molecule has 1 nitrogen and oxygen atoms in total. The van der Waals surface area contributed by atoms with Gasteiger partial charge < -0.3 is 4.79 Å². The smallest absolute Gasteiger partial charge is 0.129 e. The van der Waals surface area contributed by atoms with Crippen LogP contribution in [0.15, 0.2) is 0 Å². The van der Waals surface area contributed by atoms with Crippen molar-refractivity contribution < 1.29 is 9.18 Å². The van der Waals surface area contributed by atoms with E-state index in [1.807, 2.05) is 0 Å². The summed E-state index contributed by atoms with van der Waals surface area (Å²) in [5, 5.41) is 0. The molecule has 0 rings (SSSR count). The highest BCUT2D eigenvalue weighted by Crippen LogP contribution is 2.23. The van der Waals surface area contributed by atoms with Crippen LogP contribution in [0, 0.1) is 17.8 Å². The Balaban J connectivity index is 0. The van der Waals surface area contributed by atoms with Crippen molar-refractivity contribution in [1.82, 2.24) is 0 Å². The maximum atomic E-state index is 10.8. The lowest BCUT2D eigenvalue weighted by molar-refractivity contribution is -0.117. The van der Waals surface area contributed by atoms with E-state index in [1.54, 1.807) is 6.92 Å². The molecule has 0 aliphatic rings. The summed E-state index contributed by atoms with van der Waals surface area (Å²) in [6, 6.07) is 0. The zero-order valence-electron chi connectivity index (χ0n) is 11.8. The summed E-state index contributed by atoms with van der Waals surface area (Å²) in [6.45, 7) is 10.8. The first-order chi connectivity index (χ1) is 7.43. The second-order valence-electron chi connectivity index (χ2n) is 5.17. The van der Waals surface area contributed by atoms with Gasteiger partial charge in [-0.15, -0.1) is 0 Å². The Morgan fingerprint density at radius 1 is 0.938 bits per heavy atom. The normalized spacial score (nSPS) is 14.0. The van der Waals surface area contributed by atoms with Crippen molar-refractivity contribution in [3.05, 3.63) is 0 Å². The van der Waals surface area contributed by atoms with E-state index in [0.29, 0.717) is 18.9 Å². The molecule has 0 aromatic heterocycles. The maximum Gasteiger partial charge on any atom is 0.129 e. The number of hydrogen-bond acceptors (Lipinski definition) is 1. The maximum absolute atomic E-state index is 10.8. The van der Waals surface area contributed by atoms with Crippen molar-refractivity contribution in [3.8, 4) is 0 Å². The third-order valence-electron chi connectivity index (χ3n) is 3.12. The topological polar surface area (TPSA) is 17.1 Å². The van der Waals surface area contributed by atoms with E-state index in [9.17, 15) is 9.18 Å². The fraction of sp³-hybridized carbons (Fsp3) is 0.929. The Hall–Kier alpha value is -0.400. The Kier molecular flexibility index (Phi) is 12.5. The SMILES string of the molecule is CC(=O)CCC(C)C(C)CCC(C)C.CF. The van der Waals surface area contributed by atoms with Gasteiger partial charge in [0.1, 0.15) is 5.78 Å². The van der Waals surface area contributed by atoms with Gasteiger partial charge in [-0.3, -0.25) is 4.39 Å². The quantitative estimate of drug-likeness (QED) is 0.624. The predicted molar refractivity (Wildman–Crippen MR) is 69.3 cm³/mol. The van der Waals surface area contributed by atoms with Crippen molar-refractivity contribution in [3.63, 3.8) is 0 Å². The van der Waals surface area contributed by atoms with Gasteiger partial charge in [-0.2, -0.15) is 0 Å². The van der Waals surface area contributed by atoms with Gasteiger partial charge in [-0.05, 0) is 31.1 Å². The fourth-order valence-electron chi connectivity index (χ4n) is 1.60. The van der Waals surface area contributed by atoms with Gasteiger partial charge in [0.15, 0.2) is 0 Å². The van der Waals surface area contributed by atoms with Crippen LogP contribution in [0.2, 0.25) is 0 Å². The van der Waals surface area contributed by atoms with Crippen LogP contribution >= 0.6 is 0 Å². The van der Waals surface area contributed by atoms with Gasteiger partial charge in [-0.25, -0.2) is 0 Å². The van der Waals surface area contributed by atoms with Crippen LogP contribution in [-0.2, 0) is 4.79 Å². The Morgan fingerprint density at radius 3 is 1.75 bits per heavy atom. The van der Waals surface area contributed by atoms with Crippen LogP contribution in [-0.4, -0.2) is 13.0 Å². The lowest BCUT2D eigenvalue weighted by Gasteiger charge is -2.20. The van der Waals surface area contributed by atoms with Crippen LogP contribution in [0.1, 0.15) is 60.3 Å². The highest BCUT2D eigenvalue weighted by Gasteiger charge is 2.13.